The van der Waals surface area contributed by atoms with Crippen LogP contribution in [0.4, 0.5) is 11.5 Å². The summed E-state index contributed by atoms with van der Waals surface area (Å²) in [5.41, 5.74) is 9.48. The first-order valence-electron chi connectivity index (χ1n) is 7.77. The molecule has 0 aliphatic carbocycles. The lowest BCUT2D eigenvalue weighted by Gasteiger charge is -2.13. The third-order valence-electron chi connectivity index (χ3n) is 3.79. The Morgan fingerprint density at radius 1 is 1.00 bits per heavy atom. The largest absolute Gasteiger partial charge is 0.366 e. The van der Waals surface area contributed by atoms with Gasteiger partial charge in [0.15, 0.2) is 5.82 Å². The standard InChI is InChI=1S/C19H18N4O/c1-2-14-15(19(20)24)9-6-10-17(14)21-18-12-11-16(22-23-18)13-7-4-3-5-8-13/h3-12H,2H2,1H3,(H2,20,24)(H,21,23). The molecule has 0 radical (unpaired) electrons. The summed E-state index contributed by atoms with van der Waals surface area (Å²) in [6.45, 7) is 1.98. The summed E-state index contributed by atoms with van der Waals surface area (Å²) in [7, 11) is 0. The number of amides is 1. The monoisotopic (exact) mass is 318 g/mol. The summed E-state index contributed by atoms with van der Waals surface area (Å²) < 4.78 is 0. The molecule has 0 saturated heterocycles. The molecule has 3 aromatic rings. The van der Waals surface area contributed by atoms with Gasteiger partial charge in [-0.15, -0.1) is 10.2 Å². The number of carbonyl (C=O) groups is 1. The number of aromatic nitrogens is 2. The average Bonchev–Trinajstić information content (AvgIpc) is 2.63. The van der Waals surface area contributed by atoms with Crippen molar-refractivity contribution in [3.8, 4) is 11.3 Å². The highest BCUT2D eigenvalue weighted by molar-refractivity contribution is 5.96. The molecule has 0 aliphatic heterocycles. The number of nitrogens with zero attached hydrogens (tertiary/aromatic N) is 2. The van der Waals surface area contributed by atoms with Gasteiger partial charge < -0.3 is 11.1 Å². The van der Waals surface area contributed by atoms with Crippen molar-refractivity contribution in [2.75, 3.05) is 5.32 Å². The highest BCUT2D eigenvalue weighted by atomic mass is 16.1. The van der Waals surface area contributed by atoms with Gasteiger partial charge in [-0.1, -0.05) is 43.3 Å². The quantitative estimate of drug-likeness (QED) is 0.754. The Hall–Kier alpha value is -3.21. The molecule has 0 spiro atoms. The van der Waals surface area contributed by atoms with Crippen molar-refractivity contribution in [2.45, 2.75) is 13.3 Å². The molecule has 0 aliphatic rings. The van der Waals surface area contributed by atoms with Gasteiger partial charge in [0.1, 0.15) is 0 Å². The van der Waals surface area contributed by atoms with E-state index in [-0.39, 0.29) is 0 Å². The molecule has 0 unspecified atom stereocenters. The summed E-state index contributed by atoms with van der Waals surface area (Å²) in [5, 5.41) is 11.7. The Morgan fingerprint density at radius 2 is 1.79 bits per heavy atom. The molecule has 5 heteroatoms. The van der Waals surface area contributed by atoms with Gasteiger partial charge >= 0.3 is 0 Å². The molecular weight excluding hydrogens is 300 g/mol. The van der Waals surface area contributed by atoms with E-state index in [4.69, 9.17) is 5.73 Å². The van der Waals surface area contributed by atoms with E-state index in [2.05, 4.69) is 15.5 Å². The van der Waals surface area contributed by atoms with E-state index < -0.39 is 5.91 Å². The van der Waals surface area contributed by atoms with Crippen molar-refractivity contribution in [3.63, 3.8) is 0 Å². The van der Waals surface area contributed by atoms with Crippen molar-refractivity contribution >= 4 is 17.4 Å². The average molecular weight is 318 g/mol. The predicted molar refractivity (Wildman–Crippen MR) is 95.1 cm³/mol. The molecule has 0 fully saturated rings. The Balaban J connectivity index is 1.87. The molecule has 5 nitrogen and oxygen atoms in total. The van der Waals surface area contributed by atoms with Gasteiger partial charge in [0.2, 0.25) is 5.91 Å². The molecular formula is C19H18N4O. The third kappa shape index (κ3) is 3.25. The minimum absolute atomic E-state index is 0.430. The highest BCUT2D eigenvalue weighted by Crippen LogP contribution is 2.24. The minimum Gasteiger partial charge on any atom is -0.366 e. The summed E-state index contributed by atoms with van der Waals surface area (Å²) in [6, 6.07) is 19.1. The molecule has 24 heavy (non-hydrogen) atoms. The zero-order valence-corrected chi connectivity index (χ0v) is 13.4. The van der Waals surface area contributed by atoms with E-state index in [0.717, 1.165) is 22.5 Å². The first-order chi connectivity index (χ1) is 11.7. The fourth-order valence-corrected chi connectivity index (χ4v) is 2.62. The van der Waals surface area contributed by atoms with Gasteiger partial charge in [0.05, 0.1) is 5.69 Å². The van der Waals surface area contributed by atoms with Crippen molar-refractivity contribution in [1.29, 1.82) is 0 Å². The van der Waals surface area contributed by atoms with Gasteiger partial charge in [-0.05, 0) is 36.2 Å². The van der Waals surface area contributed by atoms with Crippen LogP contribution in [0.5, 0.6) is 0 Å². The van der Waals surface area contributed by atoms with Crippen LogP contribution in [0, 0.1) is 0 Å². The number of nitrogens with two attached hydrogens (primary N) is 1. The molecule has 0 atom stereocenters. The molecule has 3 N–H and O–H groups in total. The molecule has 120 valence electrons. The van der Waals surface area contributed by atoms with Crippen molar-refractivity contribution < 1.29 is 4.79 Å². The maximum atomic E-state index is 11.6. The maximum absolute atomic E-state index is 11.6. The topological polar surface area (TPSA) is 80.9 Å². The van der Waals surface area contributed by atoms with E-state index in [1.54, 1.807) is 12.1 Å². The lowest BCUT2D eigenvalue weighted by molar-refractivity contribution is 0.0999. The van der Waals surface area contributed by atoms with Crippen LogP contribution in [0.25, 0.3) is 11.3 Å². The Labute approximate surface area is 140 Å². The summed E-state index contributed by atoms with van der Waals surface area (Å²) >= 11 is 0. The van der Waals surface area contributed by atoms with Crippen LogP contribution in [-0.4, -0.2) is 16.1 Å². The number of hydrogen-bond acceptors (Lipinski definition) is 4. The maximum Gasteiger partial charge on any atom is 0.249 e. The summed E-state index contributed by atoms with van der Waals surface area (Å²) in [4.78, 5) is 11.6. The Bertz CT molecular complexity index is 845. The van der Waals surface area contributed by atoms with Gasteiger partial charge in [-0.3, -0.25) is 4.79 Å². The molecule has 3 rings (SSSR count). The van der Waals surface area contributed by atoms with E-state index in [1.807, 2.05) is 55.5 Å². The van der Waals surface area contributed by atoms with Crippen LogP contribution in [-0.2, 0) is 6.42 Å². The molecule has 0 bridgehead atoms. The van der Waals surface area contributed by atoms with Crippen molar-refractivity contribution in [2.24, 2.45) is 5.73 Å². The number of carbonyl (C=O) groups excluding carboxylic acids is 1. The number of rotatable bonds is 5. The second kappa shape index (κ2) is 6.91. The van der Waals surface area contributed by atoms with Crippen molar-refractivity contribution in [1.82, 2.24) is 10.2 Å². The fourth-order valence-electron chi connectivity index (χ4n) is 2.62. The smallest absolute Gasteiger partial charge is 0.249 e. The summed E-state index contributed by atoms with van der Waals surface area (Å²) in [6.07, 6.45) is 0.691. The first kappa shape index (κ1) is 15.7. The number of benzene rings is 2. The van der Waals surface area contributed by atoms with Crippen LogP contribution in [0.3, 0.4) is 0 Å². The third-order valence-corrected chi connectivity index (χ3v) is 3.79. The lowest BCUT2D eigenvalue weighted by atomic mass is 10.0. The SMILES string of the molecule is CCc1c(Nc2ccc(-c3ccccc3)nn2)cccc1C(N)=O. The molecule has 1 amide bonds. The lowest BCUT2D eigenvalue weighted by Crippen LogP contribution is -2.14. The number of nitrogens with one attached hydrogen (secondary N) is 1. The molecule has 2 aromatic carbocycles. The van der Waals surface area contributed by atoms with Gasteiger partial charge in [0, 0.05) is 16.8 Å². The Kier molecular flexibility index (Phi) is 4.52. The summed E-state index contributed by atoms with van der Waals surface area (Å²) in [5.74, 6) is 0.187. The van der Waals surface area contributed by atoms with Gasteiger partial charge in [0.25, 0.3) is 0 Å². The highest BCUT2D eigenvalue weighted by Gasteiger charge is 2.11. The zero-order chi connectivity index (χ0) is 16.9. The van der Waals surface area contributed by atoms with E-state index in [0.29, 0.717) is 17.8 Å². The van der Waals surface area contributed by atoms with Crippen LogP contribution in [0.15, 0.2) is 60.7 Å². The van der Waals surface area contributed by atoms with Crippen LogP contribution in [0.1, 0.15) is 22.8 Å². The molecule has 0 saturated carbocycles. The Morgan fingerprint density at radius 3 is 2.42 bits per heavy atom. The predicted octanol–water partition coefficient (Wildman–Crippen LogP) is 3.55. The van der Waals surface area contributed by atoms with Crippen LogP contribution >= 0.6 is 0 Å². The number of anilines is 2. The van der Waals surface area contributed by atoms with Gasteiger partial charge in [-0.2, -0.15) is 0 Å². The molecule has 1 heterocycles. The molecule has 1 aromatic heterocycles. The second-order valence-corrected chi connectivity index (χ2v) is 5.34. The zero-order valence-electron chi connectivity index (χ0n) is 13.4. The normalized spacial score (nSPS) is 10.4. The second-order valence-electron chi connectivity index (χ2n) is 5.34. The van der Waals surface area contributed by atoms with Crippen LogP contribution < -0.4 is 11.1 Å². The van der Waals surface area contributed by atoms with E-state index >= 15 is 0 Å². The van der Waals surface area contributed by atoms with E-state index in [9.17, 15) is 4.79 Å². The fraction of sp³-hybridized carbons (Fsp3) is 0.105. The van der Waals surface area contributed by atoms with Crippen LogP contribution in [0.2, 0.25) is 0 Å². The van der Waals surface area contributed by atoms with Crippen molar-refractivity contribution in [3.05, 3.63) is 71.8 Å². The van der Waals surface area contributed by atoms with E-state index in [1.165, 1.54) is 0 Å². The first-order valence-corrected chi connectivity index (χ1v) is 7.77. The minimum atomic E-state index is -0.430. The number of primary amides is 1. The number of hydrogen-bond donors (Lipinski definition) is 2. The van der Waals surface area contributed by atoms with Gasteiger partial charge in [-0.25, -0.2) is 0 Å².